The van der Waals surface area contributed by atoms with Gasteiger partial charge in [0, 0.05) is 30.6 Å². The Hall–Kier alpha value is -3.60. The molecule has 166 valence electrons. The van der Waals surface area contributed by atoms with Crippen LogP contribution in [0.15, 0.2) is 59.3 Å². The van der Waals surface area contributed by atoms with Crippen LogP contribution in [0.25, 0.3) is 26.5 Å². The van der Waals surface area contributed by atoms with Crippen LogP contribution in [-0.2, 0) is 11.3 Å². The van der Waals surface area contributed by atoms with E-state index in [1.807, 2.05) is 65.7 Å². The zero-order valence-electron chi connectivity index (χ0n) is 17.9. The molecule has 0 atom stereocenters. The van der Waals surface area contributed by atoms with Crippen molar-refractivity contribution in [1.29, 1.82) is 0 Å². The number of methoxy groups -OCH3 is 1. The maximum absolute atomic E-state index is 13.2. The maximum atomic E-state index is 13.2. The van der Waals surface area contributed by atoms with Gasteiger partial charge in [0.25, 0.3) is 5.91 Å². The van der Waals surface area contributed by atoms with Crippen molar-refractivity contribution in [2.45, 2.75) is 13.5 Å². The van der Waals surface area contributed by atoms with Crippen LogP contribution in [0.5, 0.6) is 0 Å². The van der Waals surface area contributed by atoms with Gasteiger partial charge in [0.1, 0.15) is 15.4 Å². The van der Waals surface area contributed by atoms with Crippen molar-refractivity contribution in [2.75, 3.05) is 7.11 Å². The summed E-state index contributed by atoms with van der Waals surface area (Å²) in [6, 6.07) is 11.7. The molecule has 5 aromatic rings. The largest absolute Gasteiger partial charge is 0.380 e. The van der Waals surface area contributed by atoms with E-state index in [1.54, 1.807) is 24.7 Å². The van der Waals surface area contributed by atoms with E-state index in [4.69, 9.17) is 4.74 Å². The number of carbonyl (C=O) groups is 1. The first-order chi connectivity index (χ1) is 16.1. The monoisotopic (exact) mass is 476 g/mol. The summed E-state index contributed by atoms with van der Waals surface area (Å²) in [5.74, 6) is -0.308. The first kappa shape index (κ1) is 21.3. The number of aromatic nitrogens is 4. The van der Waals surface area contributed by atoms with E-state index >= 15 is 0 Å². The molecule has 0 aromatic carbocycles. The molecular weight excluding hydrogens is 456 g/mol. The molecule has 5 heterocycles. The number of hydrogen-bond donors (Lipinski definition) is 2. The Balaban J connectivity index is 1.46. The Morgan fingerprint density at radius 2 is 2.15 bits per heavy atom. The Morgan fingerprint density at radius 3 is 2.91 bits per heavy atom. The van der Waals surface area contributed by atoms with Crippen LogP contribution in [-0.4, -0.2) is 39.0 Å². The predicted octanol–water partition coefficient (Wildman–Crippen LogP) is 4.76. The van der Waals surface area contributed by atoms with Gasteiger partial charge in [0.2, 0.25) is 0 Å². The van der Waals surface area contributed by atoms with E-state index in [0.717, 1.165) is 37.7 Å². The number of thiophene rings is 2. The zero-order chi connectivity index (χ0) is 22.8. The molecule has 0 unspecified atom stereocenters. The second-order valence-electron chi connectivity index (χ2n) is 7.29. The molecule has 1 amide bonds. The number of H-pyrrole nitrogens is 1. The number of aromatic amines is 1. The van der Waals surface area contributed by atoms with Gasteiger partial charge in [-0.05, 0) is 48.2 Å². The van der Waals surface area contributed by atoms with Gasteiger partial charge < -0.3 is 9.30 Å². The number of pyridine rings is 1. The summed E-state index contributed by atoms with van der Waals surface area (Å²) >= 11 is 2.95. The molecule has 0 radical (unpaired) electrons. The van der Waals surface area contributed by atoms with Gasteiger partial charge in [-0.1, -0.05) is 6.07 Å². The summed E-state index contributed by atoms with van der Waals surface area (Å²) in [6.07, 6.45) is 5.37. The smallest absolute Gasteiger partial charge is 0.283 e. The Kier molecular flexibility index (Phi) is 5.86. The van der Waals surface area contributed by atoms with Crippen LogP contribution in [0, 0.1) is 6.92 Å². The maximum Gasteiger partial charge on any atom is 0.283 e. The highest BCUT2D eigenvalue weighted by molar-refractivity contribution is 7.21. The summed E-state index contributed by atoms with van der Waals surface area (Å²) in [5, 5.41) is 14.3. The number of amides is 1. The minimum absolute atomic E-state index is 0.308. The molecule has 0 saturated carbocycles. The highest BCUT2D eigenvalue weighted by Crippen LogP contribution is 2.36. The number of hydrazone groups is 1. The van der Waals surface area contributed by atoms with Crippen LogP contribution < -0.4 is 5.43 Å². The lowest BCUT2D eigenvalue weighted by molar-refractivity contribution is 0.0959. The number of aryl methyl sites for hydroxylation is 1. The van der Waals surface area contributed by atoms with E-state index in [2.05, 4.69) is 25.7 Å². The van der Waals surface area contributed by atoms with Gasteiger partial charge in [0.15, 0.2) is 0 Å². The second-order valence-corrected chi connectivity index (χ2v) is 9.24. The number of rotatable bonds is 7. The van der Waals surface area contributed by atoms with Crippen LogP contribution in [0.3, 0.4) is 0 Å². The normalized spacial score (nSPS) is 11.6. The number of fused-ring (bicyclic) bond motifs is 1. The third-order valence-corrected chi connectivity index (χ3v) is 6.92. The lowest BCUT2D eigenvalue weighted by Crippen LogP contribution is -2.18. The zero-order valence-corrected chi connectivity index (χ0v) is 19.5. The molecular formula is C23H20N6O2S2. The fourth-order valence-corrected chi connectivity index (χ4v) is 5.45. The van der Waals surface area contributed by atoms with Crippen molar-refractivity contribution in [3.8, 4) is 16.3 Å². The summed E-state index contributed by atoms with van der Waals surface area (Å²) < 4.78 is 7.34. The molecule has 8 nitrogen and oxygen atoms in total. The highest BCUT2D eigenvalue weighted by Gasteiger charge is 2.23. The fourth-order valence-electron chi connectivity index (χ4n) is 3.61. The number of hydrogen-bond acceptors (Lipinski definition) is 7. The lowest BCUT2D eigenvalue weighted by Gasteiger charge is -2.09. The minimum atomic E-state index is -0.308. The van der Waals surface area contributed by atoms with Crippen LogP contribution in [0.1, 0.15) is 26.6 Å². The minimum Gasteiger partial charge on any atom is -0.380 e. The van der Waals surface area contributed by atoms with E-state index in [1.165, 1.54) is 11.3 Å². The molecule has 33 heavy (non-hydrogen) atoms. The van der Waals surface area contributed by atoms with Crippen LogP contribution in [0.4, 0.5) is 0 Å². The van der Waals surface area contributed by atoms with Crippen molar-refractivity contribution in [1.82, 2.24) is 25.2 Å². The van der Waals surface area contributed by atoms with Crippen molar-refractivity contribution < 1.29 is 9.53 Å². The summed E-state index contributed by atoms with van der Waals surface area (Å²) in [4.78, 5) is 20.2. The number of nitrogens with zero attached hydrogens (tertiary/aromatic N) is 4. The van der Waals surface area contributed by atoms with Gasteiger partial charge in [-0.2, -0.15) is 10.2 Å². The predicted molar refractivity (Wildman–Crippen MR) is 131 cm³/mol. The molecule has 0 saturated heterocycles. The summed E-state index contributed by atoms with van der Waals surface area (Å²) in [7, 11) is 1.66. The number of nitrogens with one attached hydrogen (secondary N) is 2. The average molecular weight is 477 g/mol. The molecule has 2 N–H and O–H groups in total. The third kappa shape index (κ3) is 4.23. The topological polar surface area (TPSA) is 97.2 Å². The van der Waals surface area contributed by atoms with Crippen molar-refractivity contribution in [2.24, 2.45) is 5.10 Å². The molecule has 5 rings (SSSR count). The number of ether oxygens (including phenoxy) is 1. The molecule has 0 fully saturated rings. The molecule has 0 aliphatic rings. The van der Waals surface area contributed by atoms with Crippen LogP contribution in [0.2, 0.25) is 0 Å². The Bertz CT molecular complexity index is 1430. The van der Waals surface area contributed by atoms with Gasteiger partial charge >= 0.3 is 0 Å². The van der Waals surface area contributed by atoms with Crippen molar-refractivity contribution >= 4 is 45.0 Å². The van der Waals surface area contributed by atoms with Gasteiger partial charge in [0.05, 0.1) is 29.1 Å². The third-order valence-electron chi connectivity index (χ3n) is 4.96. The molecule has 0 aliphatic carbocycles. The van der Waals surface area contributed by atoms with Gasteiger partial charge in [-0.25, -0.2) is 10.4 Å². The standard InChI is InChI=1S/C23H20N6O2S2/c1-14-10-15(13-31-2)19-20(29-7-3-4-8-29)21(33-23(19)25-14)22(30)28-24-12-16-11-17(27-26-16)18-6-5-9-32-18/h3-12H,13H2,1-2H3,(H,26,27)(H,28,30)/b24-12+. The quantitative estimate of drug-likeness (QED) is 0.261. The number of carbonyl (C=O) groups excluding carboxylic acids is 1. The Morgan fingerprint density at radius 1 is 1.30 bits per heavy atom. The summed E-state index contributed by atoms with van der Waals surface area (Å²) in [6.45, 7) is 2.36. The Labute approximate surface area is 197 Å². The van der Waals surface area contributed by atoms with E-state index in [9.17, 15) is 4.79 Å². The highest BCUT2D eigenvalue weighted by atomic mass is 32.1. The van der Waals surface area contributed by atoms with Crippen molar-refractivity contribution in [3.63, 3.8) is 0 Å². The molecule has 0 spiro atoms. The lowest BCUT2D eigenvalue weighted by atomic mass is 10.1. The van der Waals surface area contributed by atoms with Gasteiger partial charge in [-0.3, -0.25) is 9.89 Å². The first-order valence-corrected chi connectivity index (χ1v) is 11.8. The summed E-state index contributed by atoms with van der Waals surface area (Å²) in [5.41, 5.74) is 6.81. The SMILES string of the molecule is COCc1cc(C)nc2sc(C(=O)N/N=C/c3cc(-c4cccs4)n[nH]3)c(-n3cccc3)c12. The van der Waals surface area contributed by atoms with E-state index in [-0.39, 0.29) is 5.91 Å². The molecule has 0 aliphatic heterocycles. The van der Waals surface area contributed by atoms with Crippen LogP contribution >= 0.6 is 22.7 Å². The van der Waals surface area contributed by atoms with E-state index < -0.39 is 0 Å². The van der Waals surface area contributed by atoms with E-state index in [0.29, 0.717) is 17.2 Å². The van der Waals surface area contributed by atoms with Gasteiger partial charge in [-0.15, -0.1) is 22.7 Å². The molecule has 0 bridgehead atoms. The fraction of sp³-hybridized carbons (Fsp3) is 0.130. The van der Waals surface area contributed by atoms with Crippen molar-refractivity contribution in [3.05, 3.63) is 76.0 Å². The molecule has 10 heteroatoms. The average Bonchev–Trinajstić information content (AvgIpc) is 3.59. The second kappa shape index (κ2) is 9.10. The first-order valence-electron chi connectivity index (χ1n) is 10.1. The molecule has 5 aromatic heterocycles.